The van der Waals surface area contributed by atoms with Crippen LogP contribution in [-0.4, -0.2) is 47.9 Å². The van der Waals surface area contributed by atoms with Gasteiger partial charge in [-0.1, -0.05) is 35.9 Å². The Labute approximate surface area is 188 Å². The second-order valence-corrected chi connectivity index (χ2v) is 7.87. The van der Waals surface area contributed by atoms with Crippen molar-refractivity contribution in [2.24, 2.45) is 0 Å². The number of aryl methyl sites for hydroxylation is 1. The van der Waals surface area contributed by atoms with Gasteiger partial charge in [0.1, 0.15) is 11.5 Å². The molecule has 0 spiro atoms. The van der Waals surface area contributed by atoms with Crippen LogP contribution in [0.1, 0.15) is 22.3 Å². The van der Waals surface area contributed by atoms with E-state index in [1.165, 1.54) is 5.56 Å². The highest BCUT2D eigenvalue weighted by molar-refractivity contribution is 5.94. The van der Waals surface area contributed by atoms with Gasteiger partial charge in [-0.15, -0.1) is 0 Å². The Morgan fingerprint density at radius 1 is 0.750 bits per heavy atom. The summed E-state index contributed by atoms with van der Waals surface area (Å²) >= 11 is 0. The fourth-order valence-electron chi connectivity index (χ4n) is 3.64. The maximum absolute atomic E-state index is 12.8. The van der Waals surface area contributed by atoms with Gasteiger partial charge in [-0.3, -0.25) is 4.79 Å². The minimum Gasteiger partial charge on any atom is -0.457 e. The van der Waals surface area contributed by atoms with Crippen LogP contribution in [0.5, 0.6) is 11.5 Å². The zero-order chi connectivity index (χ0) is 22.3. The van der Waals surface area contributed by atoms with Crippen LogP contribution in [-0.2, 0) is 0 Å². The van der Waals surface area contributed by atoms with Gasteiger partial charge < -0.3 is 19.9 Å². The Bertz CT molecular complexity index is 1050. The number of nitrogens with one attached hydrogen (secondary N) is 1. The summed E-state index contributed by atoms with van der Waals surface area (Å²) < 4.78 is 5.84. The number of ether oxygens (including phenoxy) is 1. The first-order chi connectivity index (χ1) is 15.6. The molecule has 1 fully saturated rings. The predicted molar refractivity (Wildman–Crippen MR) is 125 cm³/mol. The molecule has 4 rings (SSSR count). The highest BCUT2D eigenvalue weighted by atomic mass is 16.5. The summed E-state index contributed by atoms with van der Waals surface area (Å²) in [5.41, 5.74) is 2.56. The van der Waals surface area contributed by atoms with Gasteiger partial charge in [0, 0.05) is 37.4 Å². The fourth-order valence-corrected chi connectivity index (χ4v) is 3.64. The van der Waals surface area contributed by atoms with Crippen molar-refractivity contribution in [2.45, 2.75) is 13.3 Å². The molecule has 1 N–H and O–H groups in total. The third kappa shape index (κ3) is 5.46. The number of rotatable bonds is 4. The summed E-state index contributed by atoms with van der Waals surface area (Å²) in [6, 6.07) is 24.3. The highest BCUT2D eigenvalue weighted by Gasteiger charge is 2.22. The lowest BCUT2D eigenvalue weighted by atomic mass is 10.2. The van der Waals surface area contributed by atoms with Crippen LogP contribution < -0.4 is 10.1 Å². The molecule has 3 aromatic rings. The monoisotopic (exact) mass is 429 g/mol. The molecule has 0 atom stereocenters. The Kier molecular flexibility index (Phi) is 6.70. The molecule has 1 aliphatic rings. The number of nitrogens with zero attached hydrogens (tertiary/aromatic N) is 2. The topological polar surface area (TPSA) is 61.9 Å². The van der Waals surface area contributed by atoms with E-state index in [0.29, 0.717) is 43.2 Å². The van der Waals surface area contributed by atoms with E-state index in [1.807, 2.05) is 90.7 Å². The summed E-state index contributed by atoms with van der Waals surface area (Å²) in [7, 11) is 0. The second kappa shape index (κ2) is 10.0. The van der Waals surface area contributed by atoms with Crippen molar-refractivity contribution in [2.75, 3.05) is 31.5 Å². The lowest BCUT2D eigenvalue weighted by molar-refractivity contribution is 0.0762. The van der Waals surface area contributed by atoms with E-state index < -0.39 is 0 Å². The maximum Gasteiger partial charge on any atom is 0.321 e. The molecule has 1 heterocycles. The first-order valence-corrected chi connectivity index (χ1v) is 10.8. The van der Waals surface area contributed by atoms with E-state index in [0.717, 1.165) is 12.2 Å². The first-order valence-electron chi connectivity index (χ1n) is 10.8. The SMILES string of the molecule is Cc1ccc(Oc2ccc(NC(=O)N3CCCN(C(=O)c4ccccc4)CC3)cc2)cc1. The van der Waals surface area contributed by atoms with Crippen LogP contribution in [0.4, 0.5) is 10.5 Å². The molecule has 3 amide bonds. The maximum atomic E-state index is 12.8. The van der Waals surface area contributed by atoms with E-state index in [9.17, 15) is 9.59 Å². The van der Waals surface area contributed by atoms with Gasteiger partial charge in [-0.25, -0.2) is 4.79 Å². The van der Waals surface area contributed by atoms with E-state index >= 15 is 0 Å². The van der Waals surface area contributed by atoms with Crippen LogP contribution in [0.25, 0.3) is 0 Å². The Hall–Kier alpha value is -3.80. The van der Waals surface area contributed by atoms with E-state index in [1.54, 1.807) is 4.90 Å². The lowest BCUT2D eigenvalue weighted by Gasteiger charge is -2.22. The van der Waals surface area contributed by atoms with Crippen LogP contribution in [0, 0.1) is 6.92 Å². The van der Waals surface area contributed by atoms with Crippen LogP contribution >= 0.6 is 0 Å². The second-order valence-electron chi connectivity index (χ2n) is 7.87. The quantitative estimate of drug-likeness (QED) is 0.623. The Morgan fingerprint density at radius 2 is 1.34 bits per heavy atom. The van der Waals surface area contributed by atoms with Crippen LogP contribution in [0.2, 0.25) is 0 Å². The number of hydrogen-bond acceptors (Lipinski definition) is 3. The van der Waals surface area contributed by atoms with Gasteiger partial charge in [0.15, 0.2) is 0 Å². The number of amides is 3. The number of anilines is 1. The van der Waals surface area contributed by atoms with Gasteiger partial charge in [0.05, 0.1) is 0 Å². The van der Waals surface area contributed by atoms with E-state index in [-0.39, 0.29) is 11.9 Å². The van der Waals surface area contributed by atoms with Gasteiger partial charge in [-0.2, -0.15) is 0 Å². The van der Waals surface area contributed by atoms with Crippen molar-refractivity contribution >= 4 is 17.6 Å². The van der Waals surface area contributed by atoms with Crippen molar-refractivity contribution in [1.82, 2.24) is 9.80 Å². The molecule has 3 aromatic carbocycles. The average molecular weight is 430 g/mol. The minimum absolute atomic E-state index is 0.0111. The molecule has 1 aliphatic heterocycles. The molecule has 0 unspecified atom stereocenters. The summed E-state index contributed by atoms with van der Waals surface area (Å²) in [5, 5.41) is 2.94. The van der Waals surface area contributed by atoms with Crippen LogP contribution in [0.15, 0.2) is 78.9 Å². The molecule has 6 heteroatoms. The molecule has 0 saturated carbocycles. The fraction of sp³-hybridized carbons (Fsp3) is 0.231. The minimum atomic E-state index is -0.161. The molecule has 6 nitrogen and oxygen atoms in total. The van der Waals surface area contributed by atoms with Crippen molar-refractivity contribution in [3.63, 3.8) is 0 Å². The normalized spacial score (nSPS) is 13.9. The van der Waals surface area contributed by atoms with Crippen LogP contribution in [0.3, 0.4) is 0 Å². The number of benzene rings is 3. The molecule has 0 bridgehead atoms. The average Bonchev–Trinajstić information content (AvgIpc) is 3.08. The molecular weight excluding hydrogens is 402 g/mol. The van der Waals surface area contributed by atoms with Crippen molar-refractivity contribution in [1.29, 1.82) is 0 Å². The Morgan fingerprint density at radius 3 is 2.03 bits per heavy atom. The van der Waals surface area contributed by atoms with Gasteiger partial charge in [-0.05, 0) is 61.9 Å². The zero-order valence-electron chi connectivity index (χ0n) is 18.2. The summed E-state index contributed by atoms with van der Waals surface area (Å²) in [6.45, 7) is 4.30. The van der Waals surface area contributed by atoms with Crippen molar-refractivity contribution < 1.29 is 14.3 Å². The third-order valence-electron chi connectivity index (χ3n) is 5.45. The molecule has 0 aliphatic carbocycles. The molecule has 32 heavy (non-hydrogen) atoms. The predicted octanol–water partition coefficient (Wildman–Crippen LogP) is 5.17. The summed E-state index contributed by atoms with van der Waals surface area (Å²) in [6.07, 6.45) is 0.745. The van der Waals surface area contributed by atoms with Gasteiger partial charge in [0.2, 0.25) is 0 Å². The first kappa shape index (κ1) is 21.4. The van der Waals surface area contributed by atoms with E-state index in [2.05, 4.69) is 5.32 Å². The number of urea groups is 1. The molecule has 164 valence electrons. The lowest BCUT2D eigenvalue weighted by Crippen LogP contribution is -2.39. The Balaban J connectivity index is 1.31. The molecular formula is C26H27N3O3. The molecule has 0 aromatic heterocycles. The van der Waals surface area contributed by atoms with Crippen molar-refractivity contribution in [3.05, 3.63) is 90.0 Å². The van der Waals surface area contributed by atoms with Gasteiger partial charge >= 0.3 is 6.03 Å². The zero-order valence-corrected chi connectivity index (χ0v) is 18.2. The molecule has 1 saturated heterocycles. The largest absolute Gasteiger partial charge is 0.457 e. The third-order valence-corrected chi connectivity index (χ3v) is 5.45. The number of hydrogen-bond donors (Lipinski definition) is 1. The number of carbonyl (C=O) groups excluding carboxylic acids is 2. The highest BCUT2D eigenvalue weighted by Crippen LogP contribution is 2.23. The van der Waals surface area contributed by atoms with E-state index in [4.69, 9.17) is 4.74 Å². The smallest absolute Gasteiger partial charge is 0.321 e. The van der Waals surface area contributed by atoms with Crippen molar-refractivity contribution in [3.8, 4) is 11.5 Å². The summed E-state index contributed by atoms with van der Waals surface area (Å²) in [4.78, 5) is 29.0. The molecule has 0 radical (unpaired) electrons. The number of carbonyl (C=O) groups is 2. The standard InChI is InChI=1S/C26H27N3O3/c1-20-8-12-23(13-9-20)32-24-14-10-22(11-15-24)27-26(31)29-17-5-16-28(18-19-29)25(30)21-6-3-2-4-7-21/h2-4,6-15H,5,16-19H2,1H3,(H,27,31). The summed E-state index contributed by atoms with van der Waals surface area (Å²) in [5.74, 6) is 1.49. The van der Waals surface area contributed by atoms with Gasteiger partial charge in [0.25, 0.3) is 5.91 Å².